The average Bonchev–Trinajstić information content (AvgIpc) is 2.75. The van der Waals surface area contributed by atoms with Gasteiger partial charge < -0.3 is 10.5 Å². The van der Waals surface area contributed by atoms with Gasteiger partial charge in [0.25, 0.3) is 0 Å². The summed E-state index contributed by atoms with van der Waals surface area (Å²) in [6, 6.07) is 8.07. The summed E-state index contributed by atoms with van der Waals surface area (Å²) in [5.74, 6) is 0.820. The van der Waals surface area contributed by atoms with Gasteiger partial charge in [0.05, 0.1) is 4.47 Å². The quantitative estimate of drug-likeness (QED) is 0.823. The molecule has 0 amide bonds. The van der Waals surface area contributed by atoms with Crippen molar-refractivity contribution in [1.82, 2.24) is 0 Å². The summed E-state index contributed by atoms with van der Waals surface area (Å²) in [4.78, 5) is 1.12. The molecule has 0 aliphatic rings. The number of benzene rings is 1. The largest absolute Gasteiger partial charge is 0.482 e. The lowest BCUT2D eigenvalue weighted by atomic mass is 10.2. The van der Waals surface area contributed by atoms with Crippen molar-refractivity contribution in [2.24, 2.45) is 5.73 Å². The maximum Gasteiger partial charge on any atom is 0.145 e. The van der Waals surface area contributed by atoms with Gasteiger partial charge in [-0.25, -0.2) is 0 Å². The minimum Gasteiger partial charge on any atom is -0.482 e. The molecule has 18 heavy (non-hydrogen) atoms. The maximum absolute atomic E-state index is 5.97. The first-order chi connectivity index (χ1) is 8.60. The number of ether oxygens (including phenoxy) is 1. The molecular formula is C13H13Br2NOS. The van der Waals surface area contributed by atoms with Crippen molar-refractivity contribution in [2.75, 3.05) is 6.54 Å². The second-order valence-electron chi connectivity index (χ2n) is 3.94. The average molecular weight is 391 g/mol. The summed E-state index contributed by atoms with van der Waals surface area (Å²) in [6.45, 7) is 2.50. The molecule has 0 spiro atoms. The van der Waals surface area contributed by atoms with E-state index >= 15 is 0 Å². The number of halogens is 2. The van der Waals surface area contributed by atoms with Gasteiger partial charge in [0.2, 0.25) is 0 Å². The first kappa shape index (κ1) is 14.1. The van der Waals surface area contributed by atoms with Gasteiger partial charge in [-0.3, -0.25) is 0 Å². The normalized spacial score (nSPS) is 12.4. The molecule has 5 heteroatoms. The molecule has 0 radical (unpaired) electrons. The van der Waals surface area contributed by atoms with Crippen LogP contribution in [0, 0.1) is 6.92 Å². The first-order valence-corrected chi connectivity index (χ1v) is 7.93. The molecule has 0 aliphatic carbocycles. The van der Waals surface area contributed by atoms with Gasteiger partial charge in [-0.05, 0) is 62.5 Å². The van der Waals surface area contributed by atoms with Gasteiger partial charge in [0.15, 0.2) is 0 Å². The third kappa shape index (κ3) is 3.35. The van der Waals surface area contributed by atoms with Crippen molar-refractivity contribution >= 4 is 43.2 Å². The third-order valence-electron chi connectivity index (χ3n) is 2.48. The number of thiophene rings is 1. The zero-order valence-electron chi connectivity index (χ0n) is 9.82. The van der Waals surface area contributed by atoms with Gasteiger partial charge in [-0.15, -0.1) is 11.3 Å². The molecule has 2 aromatic rings. The molecule has 0 saturated heterocycles. The highest BCUT2D eigenvalue weighted by Gasteiger charge is 2.15. The summed E-state index contributed by atoms with van der Waals surface area (Å²) in [5, 5.41) is 2.03. The Hall–Kier alpha value is -0.360. The summed E-state index contributed by atoms with van der Waals surface area (Å²) in [6.07, 6.45) is -0.111. The second-order valence-corrected chi connectivity index (χ2v) is 6.66. The fraction of sp³-hybridized carbons (Fsp3) is 0.231. The smallest absolute Gasteiger partial charge is 0.145 e. The first-order valence-electron chi connectivity index (χ1n) is 5.47. The van der Waals surface area contributed by atoms with Crippen LogP contribution in [0.2, 0.25) is 0 Å². The van der Waals surface area contributed by atoms with Crippen LogP contribution >= 0.6 is 43.2 Å². The van der Waals surface area contributed by atoms with Crippen LogP contribution in [0.4, 0.5) is 0 Å². The molecule has 1 heterocycles. The van der Waals surface area contributed by atoms with Crippen LogP contribution in [0.5, 0.6) is 5.75 Å². The second kappa shape index (κ2) is 6.19. The van der Waals surface area contributed by atoms with Crippen LogP contribution < -0.4 is 10.5 Å². The highest BCUT2D eigenvalue weighted by Crippen LogP contribution is 2.32. The molecule has 96 valence electrons. The third-order valence-corrected chi connectivity index (χ3v) is 4.88. The van der Waals surface area contributed by atoms with Crippen molar-refractivity contribution in [3.05, 3.63) is 49.0 Å². The van der Waals surface area contributed by atoms with Crippen LogP contribution in [-0.4, -0.2) is 6.54 Å². The SMILES string of the molecule is Cc1ccc(OC(CN)c2cc(Br)cs2)c(Br)c1. The summed E-state index contributed by atoms with van der Waals surface area (Å²) < 4.78 is 7.98. The Labute approximate surface area is 127 Å². The highest BCUT2D eigenvalue weighted by molar-refractivity contribution is 9.10. The van der Waals surface area contributed by atoms with E-state index in [1.807, 2.05) is 36.6 Å². The molecule has 0 aliphatic heterocycles. The highest BCUT2D eigenvalue weighted by atomic mass is 79.9. The number of aryl methyl sites for hydroxylation is 1. The van der Waals surface area contributed by atoms with Gasteiger partial charge in [-0.2, -0.15) is 0 Å². The topological polar surface area (TPSA) is 35.2 Å². The fourth-order valence-corrected chi connectivity index (χ4v) is 3.65. The van der Waals surface area contributed by atoms with E-state index in [0.29, 0.717) is 6.54 Å². The van der Waals surface area contributed by atoms with Crippen molar-refractivity contribution in [1.29, 1.82) is 0 Å². The summed E-state index contributed by atoms with van der Waals surface area (Å²) in [7, 11) is 0. The zero-order valence-corrected chi connectivity index (χ0v) is 13.8. The Kier molecular flexibility index (Phi) is 4.84. The lowest BCUT2D eigenvalue weighted by Gasteiger charge is -2.17. The number of nitrogens with two attached hydrogens (primary N) is 1. The van der Waals surface area contributed by atoms with Crippen LogP contribution in [0.25, 0.3) is 0 Å². The monoisotopic (exact) mass is 389 g/mol. The molecule has 2 N–H and O–H groups in total. The minimum absolute atomic E-state index is 0.111. The predicted molar refractivity (Wildman–Crippen MR) is 83.3 cm³/mol. The van der Waals surface area contributed by atoms with E-state index in [-0.39, 0.29) is 6.10 Å². The molecule has 1 aromatic heterocycles. The molecule has 0 saturated carbocycles. The molecular weight excluding hydrogens is 378 g/mol. The van der Waals surface area contributed by atoms with E-state index in [0.717, 1.165) is 19.6 Å². The van der Waals surface area contributed by atoms with Crippen molar-refractivity contribution in [3.8, 4) is 5.75 Å². The van der Waals surface area contributed by atoms with Crippen LogP contribution in [0.15, 0.2) is 38.6 Å². The van der Waals surface area contributed by atoms with Crippen molar-refractivity contribution in [3.63, 3.8) is 0 Å². The lowest BCUT2D eigenvalue weighted by Crippen LogP contribution is -2.17. The summed E-state index contributed by atoms with van der Waals surface area (Å²) >= 11 is 8.60. The molecule has 0 fully saturated rings. The molecule has 2 rings (SSSR count). The van der Waals surface area contributed by atoms with Gasteiger partial charge >= 0.3 is 0 Å². The van der Waals surface area contributed by atoms with E-state index < -0.39 is 0 Å². The van der Waals surface area contributed by atoms with Crippen LogP contribution in [0.3, 0.4) is 0 Å². The van der Waals surface area contributed by atoms with Gasteiger partial charge in [-0.1, -0.05) is 6.07 Å². The van der Waals surface area contributed by atoms with Gasteiger partial charge in [0.1, 0.15) is 11.9 Å². The standard InChI is InChI=1S/C13H13Br2NOS/c1-8-2-3-11(10(15)4-8)17-12(6-16)13-5-9(14)7-18-13/h2-5,7,12H,6,16H2,1H3. The Morgan fingerprint density at radius 3 is 2.67 bits per heavy atom. The molecule has 0 bridgehead atoms. The zero-order chi connectivity index (χ0) is 13.1. The Morgan fingerprint density at radius 1 is 1.33 bits per heavy atom. The van der Waals surface area contributed by atoms with E-state index in [1.54, 1.807) is 11.3 Å². The van der Waals surface area contributed by atoms with Gasteiger partial charge in [0, 0.05) is 21.3 Å². The number of rotatable bonds is 4. The van der Waals surface area contributed by atoms with Crippen molar-refractivity contribution in [2.45, 2.75) is 13.0 Å². The minimum atomic E-state index is -0.111. The summed E-state index contributed by atoms with van der Waals surface area (Å²) in [5.41, 5.74) is 6.98. The Bertz CT molecular complexity index is 542. The lowest BCUT2D eigenvalue weighted by molar-refractivity contribution is 0.216. The van der Waals surface area contributed by atoms with E-state index in [9.17, 15) is 0 Å². The molecule has 1 unspecified atom stereocenters. The molecule has 1 atom stereocenters. The molecule has 2 nitrogen and oxygen atoms in total. The van der Waals surface area contributed by atoms with Crippen LogP contribution in [0.1, 0.15) is 16.5 Å². The van der Waals surface area contributed by atoms with E-state index in [4.69, 9.17) is 10.5 Å². The van der Waals surface area contributed by atoms with E-state index in [2.05, 4.69) is 31.9 Å². The molecule has 1 aromatic carbocycles. The predicted octanol–water partition coefficient (Wildman–Crippen LogP) is 4.66. The van der Waals surface area contributed by atoms with Crippen molar-refractivity contribution < 1.29 is 4.74 Å². The Morgan fingerprint density at radius 2 is 2.11 bits per heavy atom. The maximum atomic E-state index is 5.97. The fourth-order valence-electron chi connectivity index (χ4n) is 1.57. The number of hydrogen-bond acceptors (Lipinski definition) is 3. The Balaban J connectivity index is 2.20. The van der Waals surface area contributed by atoms with E-state index in [1.165, 1.54) is 5.56 Å². The number of hydrogen-bond donors (Lipinski definition) is 1. The van der Waals surface area contributed by atoms with Crippen LogP contribution in [-0.2, 0) is 0 Å².